The Hall–Kier alpha value is -1.47. The number of hydrogen-bond donors (Lipinski definition) is 1. The lowest BCUT2D eigenvalue weighted by Crippen LogP contribution is -2.42. The van der Waals surface area contributed by atoms with Crippen molar-refractivity contribution in [1.82, 2.24) is 25.3 Å². The lowest BCUT2D eigenvalue weighted by molar-refractivity contribution is -0.131. The third kappa shape index (κ3) is 4.33. The highest BCUT2D eigenvalue weighted by Gasteiger charge is 2.31. The van der Waals surface area contributed by atoms with E-state index in [-0.39, 0.29) is 11.9 Å². The summed E-state index contributed by atoms with van der Waals surface area (Å²) in [6, 6.07) is 0.252. The molecule has 2 atom stereocenters. The standard InChI is InChI=1S/C17H29N5O2/c1-3-17-19-16(20-24-17)12-22(13(2)23)15-6-8-21(11-15)10-14-5-4-7-18-9-14/h14-15,18H,3-12H2,1-2H3. The van der Waals surface area contributed by atoms with Crippen LogP contribution >= 0.6 is 0 Å². The van der Waals surface area contributed by atoms with E-state index in [4.69, 9.17) is 4.52 Å². The molecule has 7 nitrogen and oxygen atoms in total. The van der Waals surface area contributed by atoms with Crippen LogP contribution in [-0.2, 0) is 17.8 Å². The summed E-state index contributed by atoms with van der Waals surface area (Å²) in [5.41, 5.74) is 0. The van der Waals surface area contributed by atoms with Gasteiger partial charge in [-0.3, -0.25) is 4.79 Å². The summed E-state index contributed by atoms with van der Waals surface area (Å²) < 4.78 is 5.16. The zero-order valence-corrected chi connectivity index (χ0v) is 14.8. The maximum Gasteiger partial charge on any atom is 0.226 e. The van der Waals surface area contributed by atoms with E-state index in [1.54, 1.807) is 6.92 Å². The highest BCUT2D eigenvalue weighted by atomic mass is 16.5. The van der Waals surface area contributed by atoms with E-state index in [1.807, 2.05) is 11.8 Å². The fourth-order valence-electron chi connectivity index (χ4n) is 3.83. The minimum Gasteiger partial charge on any atom is -0.339 e. The molecule has 0 bridgehead atoms. The van der Waals surface area contributed by atoms with Gasteiger partial charge in [-0.25, -0.2) is 0 Å². The molecule has 3 rings (SSSR count). The van der Waals surface area contributed by atoms with Gasteiger partial charge in [-0.2, -0.15) is 4.98 Å². The SMILES string of the molecule is CCc1nc(CN(C(C)=O)C2CCN(CC3CCCNC3)C2)no1. The molecule has 0 aliphatic carbocycles. The third-order valence-corrected chi connectivity index (χ3v) is 5.13. The van der Waals surface area contributed by atoms with E-state index in [0.717, 1.165) is 51.5 Å². The first-order valence-corrected chi connectivity index (χ1v) is 9.17. The molecule has 0 aromatic carbocycles. The summed E-state index contributed by atoms with van der Waals surface area (Å²) in [5.74, 6) is 2.07. The van der Waals surface area contributed by atoms with Crippen LogP contribution in [0.25, 0.3) is 0 Å². The summed E-state index contributed by atoms with van der Waals surface area (Å²) in [6.07, 6.45) is 4.34. The van der Waals surface area contributed by atoms with E-state index in [1.165, 1.54) is 12.8 Å². The summed E-state index contributed by atoms with van der Waals surface area (Å²) in [7, 11) is 0. The zero-order chi connectivity index (χ0) is 16.9. The predicted molar refractivity (Wildman–Crippen MR) is 90.3 cm³/mol. The van der Waals surface area contributed by atoms with Crippen molar-refractivity contribution in [2.45, 2.75) is 52.1 Å². The number of piperidine rings is 1. The number of amides is 1. The molecule has 2 aliphatic heterocycles. The number of aromatic nitrogens is 2. The van der Waals surface area contributed by atoms with Crippen molar-refractivity contribution in [3.63, 3.8) is 0 Å². The average Bonchev–Trinajstić information content (AvgIpc) is 3.22. The van der Waals surface area contributed by atoms with Crippen LogP contribution in [0.4, 0.5) is 0 Å². The Bertz CT molecular complexity index is 541. The molecule has 1 N–H and O–H groups in total. The fourth-order valence-corrected chi connectivity index (χ4v) is 3.83. The lowest BCUT2D eigenvalue weighted by atomic mass is 9.99. The average molecular weight is 335 g/mol. The highest BCUT2D eigenvalue weighted by molar-refractivity contribution is 5.73. The smallest absolute Gasteiger partial charge is 0.226 e. The Labute approximate surface area is 143 Å². The van der Waals surface area contributed by atoms with Gasteiger partial charge in [0.2, 0.25) is 11.8 Å². The highest BCUT2D eigenvalue weighted by Crippen LogP contribution is 2.21. The van der Waals surface area contributed by atoms with E-state index in [0.29, 0.717) is 18.3 Å². The van der Waals surface area contributed by atoms with Gasteiger partial charge in [-0.1, -0.05) is 12.1 Å². The maximum absolute atomic E-state index is 12.1. The van der Waals surface area contributed by atoms with E-state index in [9.17, 15) is 4.79 Å². The fraction of sp³-hybridized carbons (Fsp3) is 0.824. The van der Waals surface area contributed by atoms with Gasteiger partial charge in [-0.05, 0) is 38.3 Å². The van der Waals surface area contributed by atoms with Crippen LogP contribution in [0.1, 0.15) is 44.8 Å². The molecule has 1 aromatic heterocycles. The molecule has 2 saturated heterocycles. The van der Waals surface area contributed by atoms with Crippen molar-refractivity contribution in [3.05, 3.63) is 11.7 Å². The van der Waals surface area contributed by atoms with Crippen molar-refractivity contribution in [2.24, 2.45) is 5.92 Å². The van der Waals surface area contributed by atoms with Crippen molar-refractivity contribution in [2.75, 3.05) is 32.7 Å². The molecule has 0 radical (unpaired) electrons. The number of aryl methyl sites for hydroxylation is 1. The van der Waals surface area contributed by atoms with Gasteiger partial charge >= 0.3 is 0 Å². The van der Waals surface area contributed by atoms with Gasteiger partial charge in [0, 0.05) is 39.0 Å². The van der Waals surface area contributed by atoms with Crippen molar-refractivity contribution in [1.29, 1.82) is 0 Å². The molecule has 134 valence electrons. The number of rotatable bonds is 6. The Kier molecular flexibility index (Phi) is 5.84. The van der Waals surface area contributed by atoms with Crippen LogP contribution in [-0.4, -0.2) is 64.6 Å². The summed E-state index contributed by atoms with van der Waals surface area (Å²) >= 11 is 0. The maximum atomic E-state index is 12.1. The summed E-state index contributed by atoms with van der Waals surface area (Å²) in [4.78, 5) is 20.9. The lowest BCUT2D eigenvalue weighted by Gasteiger charge is -2.29. The second-order valence-electron chi connectivity index (χ2n) is 7.02. The molecule has 1 aromatic rings. The Morgan fingerprint density at radius 3 is 3.00 bits per heavy atom. The third-order valence-electron chi connectivity index (χ3n) is 5.13. The van der Waals surface area contributed by atoms with Crippen LogP contribution in [0.15, 0.2) is 4.52 Å². The molecule has 24 heavy (non-hydrogen) atoms. The second-order valence-corrected chi connectivity index (χ2v) is 7.02. The van der Waals surface area contributed by atoms with Gasteiger partial charge in [0.1, 0.15) is 0 Å². The molecule has 0 spiro atoms. The minimum atomic E-state index is 0.0871. The number of hydrogen-bond acceptors (Lipinski definition) is 6. The Balaban J connectivity index is 1.55. The van der Waals surface area contributed by atoms with Crippen LogP contribution in [0.2, 0.25) is 0 Å². The quantitative estimate of drug-likeness (QED) is 0.838. The number of likely N-dealkylation sites (tertiary alicyclic amines) is 1. The van der Waals surface area contributed by atoms with E-state index < -0.39 is 0 Å². The number of carbonyl (C=O) groups is 1. The Morgan fingerprint density at radius 1 is 1.46 bits per heavy atom. The topological polar surface area (TPSA) is 74.5 Å². The van der Waals surface area contributed by atoms with Gasteiger partial charge in [0.15, 0.2) is 5.82 Å². The van der Waals surface area contributed by atoms with E-state index in [2.05, 4.69) is 20.4 Å². The zero-order valence-electron chi connectivity index (χ0n) is 14.8. The van der Waals surface area contributed by atoms with E-state index >= 15 is 0 Å². The Morgan fingerprint density at radius 2 is 2.33 bits per heavy atom. The van der Waals surface area contributed by atoms with Gasteiger partial charge in [0.25, 0.3) is 0 Å². The number of nitrogens with one attached hydrogen (secondary N) is 1. The van der Waals surface area contributed by atoms with Crippen molar-refractivity contribution in [3.8, 4) is 0 Å². The molecule has 7 heteroatoms. The van der Waals surface area contributed by atoms with Gasteiger partial charge < -0.3 is 19.6 Å². The second kappa shape index (κ2) is 8.07. The molecule has 2 unspecified atom stereocenters. The first kappa shape index (κ1) is 17.4. The first-order chi connectivity index (χ1) is 11.7. The molecule has 1 amide bonds. The number of carbonyl (C=O) groups excluding carboxylic acids is 1. The number of nitrogens with zero attached hydrogens (tertiary/aromatic N) is 4. The first-order valence-electron chi connectivity index (χ1n) is 9.17. The van der Waals surface area contributed by atoms with Crippen LogP contribution < -0.4 is 5.32 Å². The summed E-state index contributed by atoms with van der Waals surface area (Å²) in [5, 5.41) is 7.47. The molecule has 2 aliphatic rings. The monoisotopic (exact) mass is 335 g/mol. The van der Waals surface area contributed by atoms with Gasteiger partial charge in [0.05, 0.1) is 6.54 Å². The normalized spacial score (nSPS) is 25.1. The van der Waals surface area contributed by atoms with Crippen molar-refractivity contribution >= 4 is 5.91 Å². The van der Waals surface area contributed by atoms with Crippen molar-refractivity contribution < 1.29 is 9.32 Å². The van der Waals surface area contributed by atoms with Gasteiger partial charge in [-0.15, -0.1) is 0 Å². The summed E-state index contributed by atoms with van der Waals surface area (Å²) in [6.45, 7) is 9.50. The molecule has 0 saturated carbocycles. The molecule has 3 heterocycles. The minimum absolute atomic E-state index is 0.0871. The molecule has 2 fully saturated rings. The van der Waals surface area contributed by atoms with Crippen LogP contribution in [0, 0.1) is 5.92 Å². The molecular formula is C17H29N5O2. The molecular weight excluding hydrogens is 306 g/mol. The van der Waals surface area contributed by atoms with Crippen LogP contribution in [0.3, 0.4) is 0 Å². The largest absolute Gasteiger partial charge is 0.339 e. The van der Waals surface area contributed by atoms with Crippen LogP contribution in [0.5, 0.6) is 0 Å². The predicted octanol–water partition coefficient (Wildman–Crippen LogP) is 1.05.